The first-order valence-electron chi connectivity index (χ1n) is 8.62. The first kappa shape index (κ1) is 17.9. The third-order valence-electron chi connectivity index (χ3n) is 4.63. The summed E-state index contributed by atoms with van der Waals surface area (Å²) in [7, 11) is 0. The first-order chi connectivity index (χ1) is 12.5. The van der Waals surface area contributed by atoms with Crippen LogP contribution in [0.1, 0.15) is 5.56 Å². The van der Waals surface area contributed by atoms with Crippen molar-refractivity contribution in [2.24, 2.45) is 5.73 Å². The van der Waals surface area contributed by atoms with Gasteiger partial charge in [0.1, 0.15) is 0 Å². The fourth-order valence-corrected chi connectivity index (χ4v) is 3.16. The van der Waals surface area contributed by atoms with Gasteiger partial charge in [-0.05, 0) is 24.1 Å². The first-order valence-corrected chi connectivity index (χ1v) is 8.62. The van der Waals surface area contributed by atoms with Gasteiger partial charge in [0.2, 0.25) is 5.91 Å². The Morgan fingerprint density at radius 1 is 1.04 bits per heavy atom. The molecule has 1 saturated heterocycles. The van der Waals surface area contributed by atoms with Crippen LogP contribution in [0.4, 0.5) is 11.4 Å². The van der Waals surface area contributed by atoms with Crippen LogP contribution in [-0.4, -0.2) is 48.0 Å². The van der Waals surface area contributed by atoms with Crippen molar-refractivity contribution in [3.05, 3.63) is 70.3 Å². The minimum atomic E-state index is -0.539. The molecule has 7 nitrogen and oxygen atoms in total. The van der Waals surface area contributed by atoms with Gasteiger partial charge in [-0.3, -0.25) is 14.9 Å². The Morgan fingerprint density at radius 2 is 1.65 bits per heavy atom. The molecular formula is C19H22N4O3. The van der Waals surface area contributed by atoms with Gasteiger partial charge in [-0.2, -0.15) is 0 Å². The molecule has 0 saturated carbocycles. The van der Waals surface area contributed by atoms with Gasteiger partial charge >= 0.3 is 0 Å². The molecule has 2 N–H and O–H groups in total. The number of nitrogens with two attached hydrogens (primary N) is 1. The number of carbonyl (C=O) groups is 1. The molecule has 0 aromatic heterocycles. The summed E-state index contributed by atoms with van der Waals surface area (Å²) >= 11 is 0. The molecule has 1 atom stereocenters. The minimum absolute atomic E-state index is 0.0304. The average molecular weight is 354 g/mol. The van der Waals surface area contributed by atoms with Gasteiger partial charge < -0.3 is 15.5 Å². The van der Waals surface area contributed by atoms with Gasteiger partial charge in [-0.1, -0.05) is 30.3 Å². The van der Waals surface area contributed by atoms with Crippen molar-refractivity contribution >= 4 is 17.3 Å². The number of piperazine rings is 1. The standard InChI is InChI=1S/C19H22N4O3/c20-18(14-15-4-2-1-3-5-15)19(24)22-12-10-21(11-13-22)16-6-8-17(9-7-16)23(25)26/h1-9,18H,10-14,20H2/t18-/m0/s1. The molecule has 1 heterocycles. The summed E-state index contributed by atoms with van der Waals surface area (Å²) in [5, 5.41) is 10.7. The molecule has 0 spiro atoms. The van der Waals surface area contributed by atoms with Crippen molar-refractivity contribution in [1.82, 2.24) is 4.90 Å². The fraction of sp³-hybridized carbons (Fsp3) is 0.316. The molecule has 0 aliphatic carbocycles. The predicted octanol–water partition coefficient (Wildman–Crippen LogP) is 1.81. The Kier molecular flexibility index (Phi) is 5.48. The topological polar surface area (TPSA) is 92.7 Å². The van der Waals surface area contributed by atoms with Crippen LogP contribution in [0.15, 0.2) is 54.6 Å². The maximum atomic E-state index is 12.6. The lowest BCUT2D eigenvalue weighted by molar-refractivity contribution is -0.384. The van der Waals surface area contributed by atoms with Crippen LogP contribution in [0.5, 0.6) is 0 Å². The van der Waals surface area contributed by atoms with Gasteiger partial charge in [-0.25, -0.2) is 0 Å². The fourth-order valence-electron chi connectivity index (χ4n) is 3.16. The predicted molar refractivity (Wildman–Crippen MR) is 100 cm³/mol. The van der Waals surface area contributed by atoms with Crippen LogP contribution in [0.3, 0.4) is 0 Å². The molecule has 3 rings (SSSR count). The zero-order valence-electron chi connectivity index (χ0n) is 14.5. The van der Waals surface area contributed by atoms with Crippen LogP contribution >= 0.6 is 0 Å². The van der Waals surface area contributed by atoms with Crippen LogP contribution in [-0.2, 0) is 11.2 Å². The van der Waals surface area contributed by atoms with E-state index in [9.17, 15) is 14.9 Å². The van der Waals surface area contributed by atoms with Crippen LogP contribution in [0.2, 0.25) is 0 Å². The highest BCUT2D eigenvalue weighted by atomic mass is 16.6. The quantitative estimate of drug-likeness (QED) is 0.653. The second kappa shape index (κ2) is 7.97. The van der Waals surface area contributed by atoms with Crippen molar-refractivity contribution in [3.8, 4) is 0 Å². The lowest BCUT2D eigenvalue weighted by Crippen LogP contribution is -2.53. The molecule has 0 bridgehead atoms. The zero-order chi connectivity index (χ0) is 18.5. The summed E-state index contributed by atoms with van der Waals surface area (Å²) in [6.45, 7) is 2.56. The molecule has 136 valence electrons. The van der Waals surface area contributed by atoms with Gasteiger partial charge in [0, 0.05) is 44.0 Å². The molecular weight excluding hydrogens is 332 g/mol. The lowest BCUT2D eigenvalue weighted by atomic mass is 10.1. The van der Waals surface area contributed by atoms with E-state index in [-0.39, 0.29) is 11.6 Å². The molecule has 1 amide bonds. The van der Waals surface area contributed by atoms with Crippen molar-refractivity contribution < 1.29 is 9.72 Å². The summed E-state index contributed by atoms with van der Waals surface area (Å²) in [5.41, 5.74) is 8.16. The molecule has 26 heavy (non-hydrogen) atoms. The van der Waals surface area contributed by atoms with Crippen LogP contribution in [0, 0.1) is 10.1 Å². The number of rotatable bonds is 5. The van der Waals surface area contributed by atoms with E-state index in [1.54, 1.807) is 17.0 Å². The molecule has 2 aromatic rings. The van der Waals surface area contributed by atoms with Crippen molar-refractivity contribution in [2.45, 2.75) is 12.5 Å². The maximum absolute atomic E-state index is 12.6. The third-order valence-corrected chi connectivity index (χ3v) is 4.63. The summed E-state index contributed by atoms with van der Waals surface area (Å²) < 4.78 is 0. The highest BCUT2D eigenvalue weighted by molar-refractivity contribution is 5.82. The molecule has 1 aliphatic rings. The number of nitrogens with zero attached hydrogens (tertiary/aromatic N) is 3. The SMILES string of the molecule is N[C@@H](Cc1ccccc1)C(=O)N1CCN(c2ccc([N+](=O)[O-])cc2)CC1. The summed E-state index contributed by atoms with van der Waals surface area (Å²) in [6.07, 6.45) is 0.530. The lowest BCUT2D eigenvalue weighted by Gasteiger charge is -2.37. The van der Waals surface area contributed by atoms with E-state index in [0.29, 0.717) is 32.6 Å². The molecule has 1 aliphatic heterocycles. The van der Waals surface area contributed by atoms with E-state index in [4.69, 9.17) is 5.73 Å². The van der Waals surface area contributed by atoms with Gasteiger partial charge in [0.05, 0.1) is 11.0 Å². The van der Waals surface area contributed by atoms with Gasteiger partial charge in [-0.15, -0.1) is 0 Å². The van der Waals surface area contributed by atoms with Crippen LogP contribution in [0.25, 0.3) is 0 Å². The molecule has 2 aromatic carbocycles. The average Bonchev–Trinajstić information content (AvgIpc) is 2.68. The highest BCUT2D eigenvalue weighted by Gasteiger charge is 2.25. The molecule has 0 radical (unpaired) electrons. The van der Waals surface area contributed by atoms with E-state index in [2.05, 4.69) is 4.90 Å². The van der Waals surface area contributed by atoms with Gasteiger partial charge in [0.25, 0.3) is 5.69 Å². The number of amides is 1. The summed E-state index contributed by atoms with van der Waals surface area (Å²) in [5.74, 6) is -0.0304. The smallest absolute Gasteiger partial charge is 0.269 e. The molecule has 1 fully saturated rings. The largest absolute Gasteiger partial charge is 0.368 e. The number of nitro groups is 1. The van der Waals surface area contributed by atoms with Crippen molar-refractivity contribution in [3.63, 3.8) is 0 Å². The number of carbonyl (C=O) groups excluding carboxylic acids is 1. The van der Waals surface area contributed by atoms with E-state index in [1.807, 2.05) is 30.3 Å². The molecule has 0 unspecified atom stereocenters. The summed E-state index contributed by atoms with van der Waals surface area (Å²) in [6, 6.07) is 15.7. The monoisotopic (exact) mass is 354 g/mol. The maximum Gasteiger partial charge on any atom is 0.269 e. The Morgan fingerprint density at radius 3 is 2.23 bits per heavy atom. The van der Waals surface area contributed by atoms with E-state index in [0.717, 1.165) is 11.3 Å². The van der Waals surface area contributed by atoms with Crippen molar-refractivity contribution in [2.75, 3.05) is 31.1 Å². The van der Waals surface area contributed by atoms with Crippen LogP contribution < -0.4 is 10.6 Å². The Balaban J connectivity index is 1.54. The summed E-state index contributed by atoms with van der Waals surface area (Å²) in [4.78, 5) is 26.8. The van der Waals surface area contributed by atoms with E-state index in [1.165, 1.54) is 12.1 Å². The second-order valence-electron chi connectivity index (χ2n) is 6.38. The Labute approximate surface area is 152 Å². The Hall–Kier alpha value is -2.93. The zero-order valence-corrected chi connectivity index (χ0v) is 14.5. The number of anilines is 1. The third kappa shape index (κ3) is 4.18. The second-order valence-corrected chi connectivity index (χ2v) is 6.38. The van der Waals surface area contributed by atoms with E-state index >= 15 is 0 Å². The normalized spacial score (nSPS) is 15.6. The number of nitro benzene ring substituents is 1. The number of hydrogen-bond donors (Lipinski definition) is 1. The number of hydrogen-bond acceptors (Lipinski definition) is 5. The van der Waals surface area contributed by atoms with Gasteiger partial charge in [0.15, 0.2) is 0 Å². The molecule has 7 heteroatoms. The Bertz CT molecular complexity index is 756. The van der Waals surface area contributed by atoms with Crippen molar-refractivity contribution in [1.29, 1.82) is 0 Å². The number of benzene rings is 2. The number of non-ortho nitro benzene ring substituents is 1. The highest BCUT2D eigenvalue weighted by Crippen LogP contribution is 2.21. The van der Waals surface area contributed by atoms with E-state index < -0.39 is 11.0 Å². The minimum Gasteiger partial charge on any atom is -0.368 e.